The van der Waals surface area contributed by atoms with Crippen LogP contribution in [0.15, 0.2) is 36.9 Å². The summed E-state index contributed by atoms with van der Waals surface area (Å²) in [7, 11) is 0. The topological polar surface area (TPSA) is 118 Å². The Balaban J connectivity index is 1.43. The van der Waals surface area contributed by atoms with Crippen molar-refractivity contribution in [3.05, 3.63) is 58.9 Å². The van der Waals surface area contributed by atoms with Gasteiger partial charge in [0.25, 0.3) is 0 Å². The van der Waals surface area contributed by atoms with Crippen LogP contribution in [0.25, 0.3) is 17.2 Å². The van der Waals surface area contributed by atoms with Gasteiger partial charge < -0.3 is 14.8 Å². The van der Waals surface area contributed by atoms with E-state index in [0.29, 0.717) is 23.6 Å². The van der Waals surface area contributed by atoms with E-state index in [-0.39, 0.29) is 40.2 Å². The Labute approximate surface area is 221 Å². The first-order valence-corrected chi connectivity index (χ1v) is 12.1. The number of carbonyl (C=O) groups excluding carboxylic acids is 1. The van der Waals surface area contributed by atoms with Crippen LogP contribution >= 0.6 is 11.6 Å². The van der Waals surface area contributed by atoms with Crippen molar-refractivity contribution in [2.45, 2.75) is 43.2 Å². The first-order valence-electron chi connectivity index (χ1n) is 11.7. The Morgan fingerprint density at radius 3 is 2.56 bits per heavy atom. The largest absolute Gasteiger partial charge is 0.493 e. The SMILES string of the molecule is O=C1Nc2nc(-c3cn4ccnc4c(CCC(F)(F)C(F)(F)F)n3)nc(O)c2C1(c1ccc(Cl)cn1)C1CC1. The van der Waals surface area contributed by atoms with E-state index in [2.05, 4.69) is 30.2 Å². The molecular formula is C24H17ClF5N7O2. The highest BCUT2D eigenvalue weighted by Crippen LogP contribution is 2.57. The summed E-state index contributed by atoms with van der Waals surface area (Å²) in [4.78, 5) is 34.5. The Hall–Kier alpha value is -3.94. The molecule has 0 bridgehead atoms. The lowest BCUT2D eigenvalue weighted by atomic mass is 9.74. The minimum Gasteiger partial charge on any atom is -0.493 e. The van der Waals surface area contributed by atoms with Gasteiger partial charge in [-0.2, -0.15) is 26.9 Å². The first-order chi connectivity index (χ1) is 18.4. The summed E-state index contributed by atoms with van der Waals surface area (Å²) in [5.41, 5.74) is -0.945. The Kier molecular flexibility index (Phi) is 5.54. The third-order valence-corrected chi connectivity index (χ3v) is 7.18. The zero-order valence-electron chi connectivity index (χ0n) is 19.7. The number of fused-ring (bicyclic) bond motifs is 2. The van der Waals surface area contributed by atoms with E-state index >= 15 is 0 Å². The van der Waals surface area contributed by atoms with E-state index < -0.39 is 42.1 Å². The lowest BCUT2D eigenvalue weighted by Crippen LogP contribution is -2.39. The van der Waals surface area contributed by atoms with E-state index in [0.717, 1.165) is 0 Å². The van der Waals surface area contributed by atoms with E-state index in [4.69, 9.17) is 11.6 Å². The molecule has 0 saturated heterocycles. The molecule has 0 spiro atoms. The molecule has 6 rings (SSSR count). The molecule has 15 heteroatoms. The number of anilines is 1. The van der Waals surface area contributed by atoms with Crippen LogP contribution < -0.4 is 5.32 Å². The second-order valence-corrected chi connectivity index (χ2v) is 9.86. The third-order valence-electron chi connectivity index (χ3n) is 6.96. The molecular weight excluding hydrogens is 549 g/mol. The van der Waals surface area contributed by atoms with E-state index in [1.807, 2.05) is 0 Å². The Bertz CT molecular complexity index is 1620. The highest BCUT2D eigenvalue weighted by atomic mass is 35.5. The molecule has 202 valence electrons. The summed E-state index contributed by atoms with van der Waals surface area (Å²) in [6.45, 7) is 0. The fourth-order valence-corrected chi connectivity index (χ4v) is 5.11. The summed E-state index contributed by atoms with van der Waals surface area (Å²) >= 11 is 5.98. The molecule has 0 radical (unpaired) electrons. The van der Waals surface area contributed by atoms with Crippen LogP contribution in [0.3, 0.4) is 0 Å². The molecule has 5 heterocycles. The van der Waals surface area contributed by atoms with Gasteiger partial charge in [0.05, 0.1) is 22.0 Å². The van der Waals surface area contributed by atoms with E-state index in [1.54, 1.807) is 12.1 Å². The fourth-order valence-electron chi connectivity index (χ4n) is 4.99. The average Bonchev–Trinajstić information content (AvgIpc) is 3.52. The summed E-state index contributed by atoms with van der Waals surface area (Å²) in [6, 6.07) is 3.18. The second-order valence-electron chi connectivity index (χ2n) is 9.43. The number of halogens is 6. The maximum Gasteiger partial charge on any atom is 0.453 e. The minimum absolute atomic E-state index is 0.0174. The van der Waals surface area contributed by atoms with Crippen molar-refractivity contribution in [3.8, 4) is 17.4 Å². The third kappa shape index (κ3) is 3.96. The maximum atomic E-state index is 13.6. The summed E-state index contributed by atoms with van der Waals surface area (Å²) in [5, 5.41) is 14.1. The predicted molar refractivity (Wildman–Crippen MR) is 126 cm³/mol. The number of imidazole rings is 1. The van der Waals surface area contributed by atoms with Gasteiger partial charge in [0.15, 0.2) is 11.5 Å². The number of alkyl halides is 5. The van der Waals surface area contributed by atoms with Gasteiger partial charge in [-0.25, -0.2) is 15.0 Å². The molecule has 4 aromatic heterocycles. The smallest absolute Gasteiger partial charge is 0.453 e. The van der Waals surface area contributed by atoms with Gasteiger partial charge in [0.1, 0.15) is 16.9 Å². The van der Waals surface area contributed by atoms with Crippen LogP contribution in [-0.4, -0.2) is 52.4 Å². The summed E-state index contributed by atoms with van der Waals surface area (Å²) < 4.78 is 66.8. The number of nitrogens with zero attached hydrogens (tertiary/aromatic N) is 6. The Morgan fingerprint density at radius 1 is 1.13 bits per heavy atom. The lowest BCUT2D eigenvalue weighted by Gasteiger charge is -2.26. The van der Waals surface area contributed by atoms with Crippen LogP contribution in [0, 0.1) is 5.92 Å². The van der Waals surface area contributed by atoms with Crippen molar-refractivity contribution in [1.29, 1.82) is 0 Å². The number of rotatable bonds is 6. The predicted octanol–water partition coefficient (Wildman–Crippen LogP) is 4.72. The van der Waals surface area contributed by atoms with Gasteiger partial charge in [-0.3, -0.25) is 9.78 Å². The number of hydrogen-bond donors (Lipinski definition) is 2. The normalized spacial score (nSPS) is 19.4. The zero-order chi connectivity index (χ0) is 27.7. The summed E-state index contributed by atoms with van der Waals surface area (Å²) in [6.07, 6.45) is -1.04. The second kappa shape index (κ2) is 8.53. The average molecular weight is 566 g/mol. The van der Waals surface area contributed by atoms with E-state index in [1.165, 1.54) is 29.2 Å². The number of hydrogen-bond acceptors (Lipinski definition) is 7. The number of aromatic hydroxyl groups is 1. The molecule has 1 aliphatic carbocycles. The highest BCUT2D eigenvalue weighted by molar-refractivity contribution is 6.30. The number of aryl methyl sites for hydroxylation is 1. The quantitative estimate of drug-likeness (QED) is 0.325. The van der Waals surface area contributed by atoms with Crippen molar-refractivity contribution < 1.29 is 31.9 Å². The van der Waals surface area contributed by atoms with Gasteiger partial charge in [-0.1, -0.05) is 11.6 Å². The fraction of sp³-hybridized carbons (Fsp3) is 0.333. The number of carbonyl (C=O) groups is 1. The van der Waals surface area contributed by atoms with Gasteiger partial charge >= 0.3 is 12.1 Å². The van der Waals surface area contributed by atoms with Gasteiger partial charge in [0.2, 0.25) is 11.8 Å². The van der Waals surface area contributed by atoms with Crippen LogP contribution in [-0.2, 0) is 16.6 Å². The molecule has 1 amide bonds. The molecule has 1 saturated carbocycles. The number of pyridine rings is 1. The molecule has 4 aromatic rings. The van der Waals surface area contributed by atoms with Gasteiger partial charge in [-0.05, 0) is 37.3 Å². The molecule has 1 unspecified atom stereocenters. The monoisotopic (exact) mass is 565 g/mol. The van der Waals surface area contributed by atoms with Crippen LogP contribution in [0.1, 0.15) is 36.2 Å². The molecule has 1 atom stereocenters. The molecule has 9 nitrogen and oxygen atoms in total. The van der Waals surface area contributed by atoms with Gasteiger partial charge in [-0.15, -0.1) is 0 Å². The van der Waals surface area contributed by atoms with Crippen molar-refractivity contribution in [3.63, 3.8) is 0 Å². The van der Waals surface area contributed by atoms with E-state index in [9.17, 15) is 31.9 Å². The molecule has 0 aromatic carbocycles. The number of aromatic nitrogens is 6. The zero-order valence-corrected chi connectivity index (χ0v) is 20.4. The number of nitrogens with one attached hydrogen (secondary N) is 1. The minimum atomic E-state index is -5.71. The van der Waals surface area contributed by atoms with Crippen LogP contribution in [0.5, 0.6) is 5.88 Å². The van der Waals surface area contributed by atoms with Crippen molar-refractivity contribution >= 4 is 29.0 Å². The molecule has 1 fully saturated rings. The molecule has 39 heavy (non-hydrogen) atoms. The molecule has 2 aliphatic rings. The Morgan fingerprint density at radius 2 is 1.90 bits per heavy atom. The van der Waals surface area contributed by atoms with Crippen LogP contribution in [0.4, 0.5) is 27.8 Å². The summed E-state index contributed by atoms with van der Waals surface area (Å²) in [5.74, 6) is -6.23. The number of amides is 1. The standard InChI is InChI=1S/C24H17ClF5N7O2/c25-12-3-4-15(32-9-12)23(11-1-2-11)16-18(36-21(23)39)34-17(35-20(16)38)14-10-37-8-7-31-19(37)13(33-14)5-6-22(26,27)24(28,29)30/h3-4,7-11H,1-2,5-6H2,(H2,34,35,36,38,39). The van der Waals surface area contributed by atoms with Crippen LogP contribution in [0.2, 0.25) is 5.02 Å². The highest BCUT2D eigenvalue weighted by Gasteiger charge is 2.61. The van der Waals surface area contributed by atoms with Gasteiger partial charge in [0, 0.05) is 31.2 Å². The van der Waals surface area contributed by atoms with Crippen molar-refractivity contribution in [2.75, 3.05) is 5.32 Å². The molecule has 1 aliphatic heterocycles. The lowest BCUT2D eigenvalue weighted by molar-refractivity contribution is -0.284. The maximum absolute atomic E-state index is 13.6. The first kappa shape index (κ1) is 25.3. The van der Waals surface area contributed by atoms with Crippen molar-refractivity contribution in [2.24, 2.45) is 5.92 Å². The van der Waals surface area contributed by atoms with Crippen molar-refractivity contribution in [1.82, 2.24) is 29.3 Å². The molecule has 2 N–H and O–H groups in total.